The lowest BCUT2D eigenvalue weighted by molar-refractivity contribution is 0.529. The van der Waals surface area contributed by atoms with E-state index < -0.39 is 0 Å². The van der Waals surface area contributed by atoms with Crippen LogP contribution in [0.15, 0.2) is 52.7 Å². The Hall–Kier alpha value is -2.05. The number of hydrogen-bond donors (Lipinski definition) is 0. The van der Waals surface area contributed by atoms with E-state index in [0.29, 0.717) is 22.6 Å². The summed E-state index contributed by atoms with van der Waals surface area (Å²) in [6.45, 7) is 4.56. The molecule has 0 N–H and O–H groups in total. The summed E-state index contributed by atoms with van der Waals surface area (Å²) in [5.74, 6) is 3.62. The van der Waals surface area contributed by atoms with Crippen molar-refractivity contribution >= 4 is 23.4 Å². The Kier molecular flexibility index (Phi) is 4.63. The van der Waals surface area contributed by atoms with Crippen molar-refractivity contribution in [2.75, 3.05) is 0 Å². The maximum atomic E-state index is 5.92. The van der Waals surface area contributed by atoms with Crippen molar-refractivity contribution in [3.63, 3.8) is 0 Å². The molecule has 1 aromatic carbocycles. The summed E-state index contributed by atoms with van der Waals surface area (Å²) in [6.07, 6.45) is 6.01. The standard InChI is InChI=1S/C18H17ClN4OS/c1-2-9-23-17(13-3-4-13)21-22-18(23)25-11-16-20-10-15(24-16)12-5-7-14(19)8-6-12/h2,5-8,10,13H,1,3-4,9,11H2. The highest BCUT2D eigenvalue weighted by atomic mass is 35.5. The molecule has 0 amide bonds. The maximum Gasteiger partial charge on any atom is 0.205 e. The van der Waals surface area contributed by atoms with Crippen molar-refractivity contribution in [1.82, 2.24) is 19.7 Å². The van der Waals surface area contributed by atoms with Gasteiger partial charge in [0.25, 0.3) is 0 Å². The lowest BCUT2D eigenvalue weighted by Crippen LogP contribution is -2.02. The van der Waals surface area contributed by atoms with Crippen LogP contribution in [0.3, 0.4) is 0 Å². The van der Waals surface area contributed by atoms with E-state index in [-0.39, 0.29) is 0 Å². The van der Waals surface area contributed by atoms with Crippen LogP contribution in [-0.2, 0) is 12.3 Å². The summed E-state index contributed by atoms with van der Waals surface area (Å²) in [4.78, 5) is 4.36. The van der Waals surface area contributed by atoms with Gasteiger partial charge in [-0.15, -0.1) is 16.8 Å². The van der Waals surface area contributed by atoms with Gasteiger partial charge in [-0.3, -0.25) is 0 Å². The Morgan fingerprint density at radius 2 is 2.08 bits per heavy atom. The minimum Gasteiger partial charge on any atom is -0.440 e. The van der Waals surface area contributed by atoms with Gasteiger partial charge >= 0.3 is 0 Å². The molecule has 2 heterocycles. The summed E-state index contributed by atoms with van der Waals surface area (Å²) in [7, 11) is 0. The van der Waals surface area contributed by atoms with Gasteiger partial charge in [0.05, 0.1) is 11.9 Å². The normalized spacial score (nSPS) is 14.0. The summed E-state index contributed by atoms with van der Waals surface area (Å²) >= 11 is 7.50. The van der Waals surface area contributed by atoms with Gasteiger partial charge in [0.1, 0.15) is 5.82 Å². The maximum absolute atomic E-state index is 5.92. The highest BCUT2D eigenvalue weighted by Gasteiger charge is 2.30. The fraction of sp³-hybridized carbons (Fsp3) is 0.278. The summed E-state index contributed by atoms with van der Waals surface area (Å²) in [5.41, 5.74) is 0.957. The zero-order valence-electron chi connectivity index (χ0n) is 13.6. The lowest BCUT2D eigenvalue weighted by atomic mass is 10.2. The van der Waals surface area contributed by atoms with E-state index in [1.165, 1.54) is 12.8 Å². The van der Waals surface area contributed by atoms with Crippen LogP contribution in [0.2, 0.25) is 5.02 Å². The van der Waals surface area contributed by atoms with E-state index in [9.17, 15) is 0 Å². The first kappa shape index (κ1) is 16.4. The van der Waals surface area contributed by atoms with Crippen molar-refractivity contribution < 1.29 is 4.42 Å². The van der Waals surface area contributed by atoms with Crippen molar-refractivity contribution in [1.29, 1.82) is 0 Å². The molecule has 1 aliphatic rings. The van der Waals surface area contributed by atoms with Gasteiger partial charge in [-0.2, -0.15) is 0 Å². The topological polar surface area (TPSA) is 56.7 Å². The van der Waals surface area contributed by atoms with E-state index in [4.69, 9.17) is 16.0 Å². The van der Waals surface area contributed by atoms with Gasteiger partial charge in [-0.1, -0.05) is 29.4 Å². The molecule has 2 aromatic heterocycles. The fourth-order valence-corrected chi connectivity index (χ4v) is 3.54. The van der Waals surface area contributed by atoms with E-state index in [2.05, 4.69) is 26.3 Å². The second kappa shape index (κ2) is 7.06. The van der Waals surface area contributed by atoms with Crippen molar-refractivity contribution in [3.05, 3.63) is 59.9 Å². The van der Waals surface area contributed by atoms with Crippen LogP contribution in [-0.4, -0.2) is 19.7 Å². The molecule has 0 bridgehead atoms. The molecule has 1 fully saturated rings. The molecule has 0 atom stereocenters. The average Bonchev–Trinajstić information content (AvgIpc) is 3.22. The highest BCUT2D eigenvalue weighted by molar-refractivity contribution is 7.98. The Labute approximate surface area is 155 Å². The van der Waals surface area contributed by atoms with Crippen LogP contribution in [0.1, 0.15) is 30.5 Å². The zero-order valence-corrected chi connectivity index (χ0v) is 15.1. The predicted octanol–water partition coefficient (Wildman–Crippen LogP) is 4.94. The van der Waals surface area contributed by atoms with Gasteiger partial charge in [0.15, 0.2) is 10.9 Å². The quantitative estimate of drug-likeness (QED) is 0.434. The molecule has 0 saturated heterocycles. The Balaban J connectivity index is 1.47. The van der Waals surface area contributed by atoms with Crippen LogP contribution >= 0.6 is 23.4 Å². The molecule has 5 nitrogen and oxygen atoms in total. The number of nitrogens with zero attached hydrogens (tertiary/aromatic N) is 4. The third-order valence-electron chi connectivity index (χ3n) is 4.01. The number of benzene rings is 1. The molecule has 3 aromatic rings. The summed E-state index contributed by atoms with van der Waals surface area (Å²) in [6, 6.07) is 7.51. The molecular formula is C18H17ClN4OS. The predicted molar refractivity (Wildman–Crippen MR) is 98.7 cm³/mol. The largest absolute Gasteiger partial charge is 0.440 e. The molecule has 0 unspecified atom stereocenters. The van der Waals surface area contributed by atoms with E-state index in [1.807, 2.05) is 30.3 Å². The van der Waals surface area contributed by atoms with Gasteiger partial charge in [-0.25, -0.2) is 4.98 Å². The SMILES string of the molecule is C=CCn1c(SCc2ncc(-c3ccc(Cl)cc3)o2)nnc1C1CC1. The van der Waals surface area contributed by atoms with E-state index in [0.717, 1.165) is 28.8 Å². The third kappa shape index (κ3) is 3.65. The molecule has 4 rings (SSSR count). The second-order valence-corrected chi connectivity index (χ2v) is 7.31. The van der Waals surface area contributed by atoms with Crippen molar-refractivity contribution in [2.24, 2.45) is 0 Å². The number of hydrogen-bond acceptors (Lipinski definition) is 5. The Bertz CT molecular complexity index is 883. The van der Waals surface area contributed by atoms with Gasteiger partial charge in [0.2, 0.25) is 5.89 Å². The minimum absolute atomic E-state index is 0.556. The van der Waals surface area contributed by atoms with Crippen molar-refractivity contribution in [2.45, 2.75) is 36.2 Å². The van der Waals surface area contributed by atoms with Crippen LogP contribution in [0.25, 0.3) is 11.3 Å². The minimum atomic E-state index is 0.556. The first-order chi connectivity index (χ1) is 12.2. The molecule has 0 radical (unpaired) electrons. The molecule has 1 aliphatic carbocycles. The fourth-order valence-electron chi connectivity index (χ4n) is 2.60. The van der Waals surface area contributed by atoms with Crippen LogP contribution < -0.4 is 0 Å². The highest BCUT2D eigenvalue weighted by Crippen LogP contribution is 2.40. The van der Waals surface area contributed by atoms with E-state index in [1.54, 1.807) is 18.0 Å². The Morgan fingerprint density at radius 1 is 1.28 bits per heavy atom. The molecule has 7 heteroatoms. The monoisotopic (exact) mass is 372 g/mol. The second-order valence-electron chi connectivity index (χ2n) is 5.93. The molecule has 1 saturated carbocycles. The zero-order chi connectivity index (χ0) is 17.2. The van der Waals surface area contributed by atoms with Crippen molar-refractivity contribution in [3.8, 4) is 11.3 Å². The first-order valence-corrected chi connectivity index (χ1v) is 9.48. The summed E-state index contributed by atoms with van der Waals surface area (Å²) < 4.78 is 7.98. The number of allylic oxidation sites excluding steroid dienone is 1. The third-order valence-corrected chi connectivity index (χ3v) is 5.21. The van der Waals surface area contributed by atoms with Gasteiger partial charge in [-0.05, 0) is 37.1 Å². The molecular weight excluding hydrogens is 356 g/mol. The molecule has 0 spiro atoms. The number of oxazole rings is 1. The molecule has 0 aliphatic heterocycles. The molecule has 25 heavy (non-hydrogen) atoms. The van der Waals surface area contributed by atoms with Gasteiger partial charge < -0.3 is 8.98 Å². The number of rotatable bonds is 7. The lowest BCUT2D eigenvalue weighted by Gasteiger charge is -2.05. The number of thioether (sulfide) groups is 1. The first-order valence-electron chi connectivity index (χ1n) is 8.12. The van der Waals surface area contributed by atoms with Crippen LogP contribution in [0, 0.1) is 0 Å². The number of aromatic nitrogens is 4. The van der Waals surface area contributed by atoms with E-state index >= 15 is 0 Å². The smallest absolute Gasteiger partial charge is 0.205 e. The summed E-state index contributed by atoms with van der Waals surface area (Å²) in [5, 5.41) is 10.3. The molecule has 128 valence electrons. The van der Waals surface area contributed by atoms with Crippen LogP contribution in [0.4, 0.5) is 0 Å². The average molecular weight is 373 g/mol. The Morgan fingerprint density at radius 3 is 2.80 bits per heavy atom. The van der Waals surface area contributed by atoms with Gasteiger partial charge in [0, 0.05) is 23.0 Å². The number of halogens is 1. The van der Waals surface area contributed by atoms with Crippen LogP contribution in [0.5, 0.6) is 0 Å².